The van der Waals surface area contributed by atoms with E-state index in [9.17, 15) is 9.90 Å². The van der Waals surface area contributed by atoms with Crippen LogP contribution in [0, 0.1) is 11.8 Å². The minimum atomic E-state index is -0.893. The van der Waals surface area contributed by atoms with Crippen LogP contribution in [-0.2, 0) is 23.7 Å². The molecule has 26 heavy (non-hydrogen) atoms. The number of rotatable bonds is 8. The van der Waals surface area contributed by atoms with Crippen molar-refractivity contribution in [1.82, 2.24) is 0 Å². The normalized spacial score (nSPS) is 36.1. The van der Waals surface area contributed by atoms with Crippen molar-refractivity contribution in [3.05, 3.63) is 12.2 Å². The first-order valence-corrected chi connectivity index (χ1v) is 9.25. The summed E-state index contributed by atoms with van der Waals surface area (Å²) in [5.74, 6) is -0.151. The fourth-order valence-electron chi connectivity index (χ4n) is 3.93. The lowest BCUT2D eigenvalue weighted by Crippen LogP contribution is -2.36. The van der Waals surface area contributed by atoms with Crippen molar-refractivity contribution >= 4 is 5.97 Å². The van der Waals surface area contributed by atoms with Gasteiger partial charge in [0.15, 0.2) is 0 Å². The van der Waals surface area contributed by atoms with Crippen LogP contribution >= 0.6 is 0 Å². The summed E-state index contributed by atoms with van der Waals surface area (Å²) in [6.07, 6.45) is -0.118. The molecule has 0 saturated carbocycles. The zero-order valence-corrected chi connectivity index (χ0v) is 15.9. The van der Waals surface area contributed by atoms with E-state index in [0.717, 1.165) is 12.0 Å². The van der Waals surface area contributed by atoms with Gasteiger partial charge in [-0.15, -0.1) is 0 Å². The van der Waals surface area contributed by atoms with Gasteiger partial charge in [-0.2, -0.15) is 0 Å². The summed E-state index contributed by atoms with van der Waals surface area (Å²) in [7, 11) is 2.92. The van der Waals surface area contributed by atoms with E-state index in [1.165, 1.54) is 7.11 Å². The van der Waals surface area contributed by atoms with E-state index in [0.29, 0.717) is 18.9 Å². The number of aliphatic hydroxyl groups excluding tert-OH is 2. The first-order chi connectivity index (χ1) is 12.4. The Hall–Kier alpha value is -0.990. The Labute approximate surface area is 155 Å². The average Bonchev–Trinajstić information content (AvgIpc) is 2.94. The molecule has 0 aliphatic carbocycles. The number of hydrogen-bond acceptors (Lipinski definition) is 7. The van der Waals surface area contributed by atoms with Crippen LogP contribution < -0.4 is 0 Å². The summed E-state index contributed by atoms with van der Waals surface area (Å²) >= 11 is 0. The molecule has 2 aliphatic rings. The van der Waals surface area contributed by atoms with Gasteiger partial charge in [0.05, 0.1) is 50.7 Å². The smallest absolute Gasteiger partial charge is 0.305 e. The van der Waals surface area contributed by atoms with E-state index in [4.69, 9.17) is 24.1 Å². The fraction of sp³-hybridized carbons (Fsp3) is 0.842. The van der Waals surface area contributed by atoms with Gasteiger partial charge in [-0.25, -0.2) is 0 Å². The highest BCUT2D eigenvalue weighted by Crippen LogP contribution is 2.39. The largest absolute Gasteiger partial charge is 0.469 e. The molecule has 7 heteroatoms. The lowest BCUT2D eigenvalue weighted by Gasteiger charge is -2.33. The number of aliphatic hydroxyl groups is 2. The van der Waals surface area contributed by atoms with E-state index in [2.05, 4.69) is 13.5 Å². The zero-order valence-electron chi connectivity index (χ0n) is 15.9. The number of methoxy groups -OCH3 is 2. The fourth-order valence-corrected chi connectivity index (χ4v) is 3.93. The second kappa shape index (κ2) is 9.80. The molecule has 2 heterocycles. The molecule has 0 aromatic carbocycles. The molecule has 150 valence electrons. The number of hydrogen-bond donors (Lipinski definition) is 2. The van der Waals surface area contributed by atoms with Crippen LogP contribution in [0.25, 0.3) is 0 Å². The maximum absolute atomic E-state index is 11.9. The molecule has 0 amide bonds. The summed E-state index contributed by atoms with van der Waals surface area (Å²) in [6, 6.07) is 0. The SMILES string of the molecule is C=C1C(C)CCOC1C[C@@H]1O[C@H](C[C@H](O)CO)[C@H](OC)[C@H]1CC(=O)OC. The molecule has 0 radical (unpaired) electrons. The predicted molar refractivity (Wildman–Crippen MR) is 94.6 cm³/mol. The Morgan fingerprint density at radius 3 is 2.73 bits per heavy atom. The van der Waals surface area contributed by atoms with Gasteiger partial charge in [-0.1, -0.05) is 13.5 Å². The van der Waals surface area contributed by atoms with E-state index in [1.54, 1.807) is 7.11 Å². The molecule has 0 aromatic rings. The molecular weight excluding hydrogens is 340 g/mol. The minimum absolute atomic E-state index is 0.122. The Balaban J connectivity index is 2.14. The van der Waals surface area contributed by atoms with Crippen molar-refractivity contribution in [1.29, 1.82) is 0 Å². The monoisotopic (exact) mass is 372 g/mol. The molecule has 2 rings (SSSR count). The molecular formula is C19H32O7. The lowest BCUT2D eigenvalue weighted by molar-refractivity contribution is -0.143. The Morgan fingerprint density at radius 1 is 1.38 bits per heavy atom. The van der Waals surface area contributed by atoms with Crippen molar-refractivity contribution < 1.29 is 34.0 Å². The summed E-state index contributed by atoms with van der Waals surface area (Å²) in [4.78, 5) is 11.9. The Bertz CT molecular complexity index is 481. The van der Waals surface area contributed by atoms with Crippen LogP contribution in [-0.4, -0.2) is 74.1 Å². The van der Waals surface area contributed by atoms with Gasteiger partial charge in [0.2, 0.25) is 0 Å². The molecule has 2 fully saturated rings. The highest BCUT2D eigenvalue weighted by Gasteiger charge is 2.47. The zero-order chi connectivity index (χ0) is 19.3. The van der Waals surface area contributed by atoms with E-state index in [-0.39, 0.29) is 49.6 Å². The Kier molecular flexibility index (Phi) is 8.04. The first-order valence-electron chi connectivity index (χ1n) is 9.25. The summed E-state index contributed by atoms with van der Waals surface area (Å²) in [6.45, 7) is 6.64. The third-order valence-electron chi connectivity index (χ3n) is 5.60. The standard InChI is InChI=1S/C19H32O7/c1-11-5-6-25-15(12(11)2)9-16-14(8-18(22)23-3)19(24-4)17(26-16)7-13(21)10-20/h11,13-17,19-21H,2,5-10H2,1,3-4H3/t11?,13-,14-,15?,16-,17+,19+/m0/s1. The molecule has 7 nitrogen and oxygen atoms in total. The summed E-state index contributed by atoms with van der Waals surface area (Å²) in [5, 5.41) is 19.0. The van der Waals surface area contributed by atoms with Gasteiger partial charge in [0.1, 0.15) is 0 Å². The lowest BCUT2D eigenvalue weighted by atomic mass is 9.84. The molecule has 2 unspecified atom stereocenters. The highest BCUT2D eigenvalue weighted by atomic mass is 16.6. The minimum Gasteiger partial charge on any atom is -0.469 e. The average molecular weight is 372 g/mol. The maximum Gasteiger partial charge on any atom is 0.305 e. The van der Waals surface area contributed by atoms with E-state index in [1.807, 2.05) is 0 Å². The van der Waals surface area contributed by atoms with Crippen molar-refractivity contribution in [2.24, 2.45) is 11.8 Å². The Morgan fingerprint density at radius 2 is 2.12 bits per heavy atom. The van der Waals surface area contributed by atoms with Crippen LogP contribution in [0.1, 0.15) is 32.6 Å². The van der Waals surface area contributed by atoms with Crippen molar-refractivity contribution in [3.8, 4) is 0 Å². The molecule has 2 N–H and O–H groups in total. The van der Waals surface area contributed by atoms with Crippen LogP contribution in [0.4, 0.5) is 0 Å². The van der Waals surface area contributed by atoms with Gasteiger partial charge < -0.3 is 29.2 Å². The molecule has 0 aromatic heterocycles. The van der Waals surface area contributed by atoms with Crippen molar-refractivity contribution in [2.75, 3.05) is 27.4 Å². The maximum atomic E-state index is 11.9. The molecule has 2 saturated heterocycles. The number of carbonyl (C=O) groups excluding carboxylic acids is 1. The number of ether oxygens (including phenoxy) is 4. The van der Waals surface area contributed by atoms with Crippen LogP contribution in [0.3, 0.4) is 0 Å². The summed E-state index contributed by atoms with van der Waals surface area (Å²) < 4.78 is 22.5. The quantitative estimate of drug-likeness (QED) is 0.486. The van der Waals surface area contributed by atoms with Gasteiger partial charge in [-0.05, 0) is 17.9 Å². The molecule has 0 bridgehead atoms. The topological polar surface area (TPSA) is 94.5 Å². The van der Waals surface area contributed by atoms with Gasteiger partial charge in [0.25, 0.3) is 0 Å². The first kappa shape index (κ1) is 21.3. The van der Waals surface area contributed by atoms with Crippen LogP contribution in [0.15, 0.2) is 12.2 Å². The van der Waals surface area contributed by atoms with Gasteiger partial charge >= 0.3 is 5.97 Å². The molecule has 7 atom stereocenters. The highest BCUT2D eigenvalue weighted by molar-refractivity contribution is 5.69. The van der Waals surface area contributed by atoms with Gasteiger partial charge in [0, 0.05) is 32.5 Å². The van der Waals surface area contributed by atoms with E-state index < -0.39 is 12.2 Å². The predicted octanol–water partition coefficient (Wildman–Crippen LogP) is 1.06. The van der Waals surface area contributed by atoms with Crippen molar-refractivity contribution in [3.63, 3.8) is 0 Å². The van der Waals surface area contributed by atoms with Crippen LogP contribution in [0.2, 0.25) is 0 Å². The number of carbonyl (C=O) groups is 1. The second-order valence-electron chi connectivity index (χ2n) is 7.29. The van der Waals surface area contributed by atoms with Crippen molar-refractivity contribution in [2.45, 2.75) is 63.1 Å². The summed E-state index contributed by atoms with van der Waals surface area (Å²) in [5.41, 5.74) is 1.05. The third-order valence-corrected chi connectivity index (χ3v) is 5.60. The number of esters is 1. The van der Waals surface area contributed by atoms with Gasteiger partial charge in [-0.3, -0.25) is 4.79 Å². The molecule has 0 spiro atoms. The van der Waals surface area contributed by atoms with Crippen LogP contribution in [0.5, 0.6) is 0 Å². The molecule has 2 aliphatic heterocycles. The third kappa shape index (κ3) is 5.04. The van der Waals surface area contributed by atoms with E-state index >= 15 is 0 Å². The second-order valence-corrected chi connectivity index (χ2v) is 7.29.